The summed E-state index contributed by atoms with van der Waals surface area (Å²) in [6.45, 7) is 9.07. The van der Waals surface area contributed by atoms with E-state index in [1.165, 1.54) is 83.4 Å². The number of aryl methyl sites for hydroxylation is 4. The summed E-state index contributed by atoms with van der Waals surface area (Å²) in [6, 6.07) is 14.2. The zero-order valence-electron chi connectivity index (χ0n) is 16.9. The monoisotopic (exact) mass is 386 g/mol. The number of benzene rings is 2. The van der Waals surface area contributed by atoms with Crippen molar-refractivity contribution in [3.63, 3.8) is 0 Å². The molecule has 0 aliphatic carbocycles. The molecule has 2 aromatic carbocycles. The first-order chi connectivity index (χ1) is 12.7. The van der Waals surface area contributed by atoms with Gasteiger partial charge in [-0.2, -0.15) is 0 Å². The molecule has 0 fully saturated rings. The van der Waals surface area contributed by atoms with E-state index in [4.69, 9.17) is 0 Å². The lowest BCUT2D eigenvalue weighted by molar-refractivity contribution is 0.878. The van der Waals surface area contributed by atoms with Crippen molar-refractivity contribution in [2.75, 3.05) is 0 Å². The molecule has 0 amide bonds. The van der Waals surface area contributed by atoms with E-state index in [2.05, 4.69) is 64.1 Å². The maximum absolute atomic E-state index is 2.44. The zero-order valence-corrected chi connectivity index (χ0v) is 18.6. The molecule has 0 atom stereocenters. The van der Waals surface area contributed by atoms with Gasteiger partial charge in [-0.25, -0.2) is 0 Å². The Bertz CT molecular complexity index is 616. The molecule has 0 spiro atoms. The third kappa shape index (κ3) is 6.39. The molecule has 26 heavy (non-hydrogen) atoms. The summed E-state index contributed by atoms with van der Waals surface area (Å²) in [4.78, 5) is 2.88. The van der Waals surface area contributed by atoms with Gasteiger partial charge < -0.3 is 0 Å². The van der Waals surface area contributed by atoms with Crippen LogP contribution in [-0.4, -0.2) is 0 Å². The van der Waals surface area contributed by atoms with Crippen molar-refractivity contribution in [3.05, 3.63) is 58.7 Å². The van der Waals surface area contributed by atoms with Crippen LogP contribution in [0, 0.1) is 0 Å². The molecule has 0 saturated heterocycles. The molecule has 0 saturated carbocycles. The predicted octanol–water partition coefficient (Wildman–Crippen LogP) is 8.30. The smallest absolute Gasteiger partial charge is 0.0218 e. The Morgan fingerprint density at radius 3 is 1.27 bits per heavy atom. The quantitative estimate of drug-likeness (QED) is 0.356. The van der Waals surface area contributed by atoms with E-state index in [-0.39, 0.29) is 0 Å². The molecule has 2 aromatic rings. The summed E-state index contributed by atoms with van der Waals surface area (Å²) < 4.78 is 0. The molecule has 0 nitrogen and oxygen atoms in total. The van der Waals surface area contributed by atoms with Gasteiger partial charge in [-0.15, -0.1) is 0 Å². The van der Waals surface area contributed by atoms with E-state index in [9.17, 15) is 0 Å². The zero-order chi connectivity index (χ0) is 18.8. The van der Waals surface area contributed by atoms with Gasteiger partial charge in [0.05, 0.1) is 0 Å². The summed E-state index contributed by atoms with van der Waals surface area (Å²) in [5.74, 6) is 0. The second-order valence-electron chi connectivity index (χ2n) is 7.05. The molecular weight excluding hydrogens is 352 g/mol. The first-order valence-electron chi connectivity index (χ1n) is 10.3. The molecule has 0 bridgehead atoms. The minimum Gasteiger partial charge on any atom is -0.0651 e. The molecule has 2 rings (SSSR count). The normalized spacial score (nSPS) is 11.1. The molecule has 0 N–H and O–H groups in total. The van der Waals surface area contributed by atoms with Crippen LogP contribution in [0.4, 0.5) is 0 Å². The second-order valence-corrected chi connectivity index (χ2v) is 9.26. The van der Waals surface area contributed by atoms with Gasteiger partial charge in [0.1, 0.15) is 0 Å². The van der Waals surface area contributed by atoms with E-state index in [1.807, 2.05) is 21.6 Å². The van der Waals surface area contributed by atoms with E-state index < -0.39 is 0 Å². The van der Waals surface area contributed by atoms with Gasteiger partial charge in [-0.05, 0) is 60.1 Å². The van der Waals surface area contributed by atoms with Crippen molar-refractivity contribution in [1.82, 2.24) is 0 Å². The lowest BCUT2D eigenvalue weighted by Crippen LogP contribution is -1.93. The highest BCUT2D eigenvalue weighted by Gasteiger charge is 2.09. The van der Waals surface area contributed by atoms with Gasteiger partial charge >= 0.3 is 0 Å². The Morgan fingerprint density at radius 2 is 0.923 bits per heavy atom. The fourth-order valence-corrected chi connectivity index (χ4v) is 5.81. The van der Waals surface area contributed by atoms with E-state index in [0.29, 0.717) is 0 Å². The highest BCUT2D eigenvalue weighted by molar-refractivity contribution is 8.76. The Balaban J connectivity index is 2.16. The standard InChI is InChI=1S/C24H34S2/c1-5-9-19-13-15-23(21(17-19)11-7-3)25-26-24-16-14-20(10-6-2)18-22(24)12-8-4/h13-18H,5-12H2,1-4H3. The minimum absolute atomic E-state index is 1.18. The van der Waals surface area contributed by atoms with Gasteiger partial charge in [0, 0.05) is 9.79 Å². The Kier molecular flexibility index (Phi) is 9.71. The van der Waals surface area contributed by atoms with Crippen molar-refractivity contribution >= 4 is 21.6 Å². The topological polar surface area (TPSA) is 0 Å². The first-order valence-corrected chi connectivity index (χ1v) is 12.4. The van der Waals surface area contributed by atoms with E-state index in [1.54, 1.807) is 0 Å². The molecule has 0 heterocycles. The lowest BCUT2D eigenvalue weighted by atomic mass is 10.0. The average molecular weight is 387 g/mol. The first kappa shape index (κ1) is 21.4. The lowest BCUT2D eigenvalue weighted by Gasteiger charge is -2.13. The van der Waals surface area contributed by atoms with Crippen LogP contribution in [0.1, 0.15) is 75.6 Å². The number of hydrogen-bond acceptors (Lipinski definition) is 2. The Morgan fingerprint density at radius 1 is 0.538 bits per heavy atom. The summed E-state index contributed by atoms with van der Waals surface area (Å²) in [5.41, 5.74) is 6.02. The van der Waals surface area contributed by atoms with Gasteiger partial charge in [-0.3, -0.25) is 0 Å². The molecular formula is C24H34S2. The summed E-state index contributed by atoms with van der Waals surface area (Å²) in [6.07, 6.45) is 9.59. The van der Waals surface area contributed by atoms with Crippen molar-refractivity contribution in [2.45, 2.75) is 88.9 Å². The van der Waals surface area contributed by atoms with Crippen LogP contribution in [0.15, 0.2) is 46.2 Å². The van der Waals surface area contributed by atoms with Crippen LogP contribution < -0.4 is 0 Å². The molecule has 0 unspecified atom stereocenters. The van der Waals surface area contributed by atoms with Gasteiger partial charge in [0.2, 0.25) is 0 Å². The van der Waals surface area contributed by atoms with Crippen LogP contribution >= 0.6 is 21.6 Å². The van der Waals surface area contributed by atoms with Gasteiger partial charge in [-0.1, -0.05) is 99.2 Å². The van der Waals surface area contributed by atoms with Crippen LogP contribution in [0.3, 0.4) is 0 Å². The van der Waals surface area contributed by atoms with Crippen molar-refractivity contribution < 1.29 is 0 Å². The SMILES string of the molecule is CCCc1ccc(SSc2ccc(CCC)cc2CCC)c(CCC)c1. The van der Waals surface area contributed by atoms with Crippen molar-refractivity contribution in [2.24, 2.45) is 0 Å². The molecule has 0 aliphatic heterocycles. The maximum atomic E-state index is 2.44. The van der Waals surface area contributed by atoms with Gasteiger partial charge in [0.25, 0.3) is 0 Å². The highest BCUT2D eigenvalue weighted by Crippen LogP contribution is 2.41. The fourth-order valence-electron chi connectivity index (χ4n) is 3.34. The molecule has 2 heteroatoms. The predicted molar refractivity (Wildman–Crippen MR) is 121 cm³/mol. The summed E-state index contributed by atoms with van der Waals surface area (Å²) in [7, 11) is 3.89. The highest BCUT2D eigenvalue weighted by atomic mass is 33.1. The van der Waals surface area contributed by atoms with Crippen molar-refractivity contribution in [3.8, 4) is 0 Å². The molecule has 0 radical (unpaired) electrons. The van der Waals surface area contributed by atoms with Crippen LogP contribution in [-0.2, 0) is 25.7 Å². The minimum atomic E-state index is 1.18. The van der Waals surface area contributed by atoms with Crippen LogP contribution in [0.2, 0.25) is 0 Å². The molecule has 142 valence electrons. The Labute approximate surface area is 169 Å². The fraction of sp³-hybridized carbons (Fsp3) is 0.500. The van der Waals surface area contributed by atoms with E-state index >= 15 is 0 Å². The summed E-state index contributed by atoms with van der Waals surface area (Å²) >= 11 is 0. The third-order valence-electron chi connectivity index (χ3n) is 4.59. The average Bonchev–Trinajstić information content (AvgIpc) is 2.63. The largest absolute Gasteiger partial charge is 0.0651 e. The van der Waals surface area contributed by atoms with Crippen LogP contribution in [0.5, 0.6) is 0 Å². The summed E-state index contributed by atoms with van der Waals surface area (Å²) in [5, 5.41) is 0. The third-order valence-corrected chi connectivity index (χ3v) is 7.15. The second kappa shape index (κ2) is 11.8. The number of hydrogen-bond donors (Lipinski definition) is 0. The van der Waals surface area contributed by atoms with Crippen LogP contribution in [0.25, 0.3) is 0 Å². The molecule has 0 aromatic heterocycles. The van der Waals surface area contributed by atoms with Gasteiger partial charge in [0.15, 0.2) is 0 Å². The maximum Gasteiger partial charge on any atom is 0.0218 e. The number of rotatable bonds is 11. The van der Waals surface area contributed by atoms with Crippen molar-refractivity contribution in [1.29, 1.82) is 0 Å². The molecule has 0 aliphatic rings. The van der Waals surface area contributed by atoms with E-state index in [0.717, 1.165) is 0 Å². The Hall–Kier alpha value is -0.860.